The average Bonchev–Trinajstić information content (AvgIpc) is 2.91. The standard InChI is InChI=1S/C24H20INO3/c1-16-9-11-18(12-10-16)22(27)14-24(29)20-7-2-3-8-21(20)26(23(24)28)15-17-5-4-6-19(25)13-17/h2-13,29H,14-15H2,1H3. The number of ketones is 1. The number of hydrogen-bond acceptors (Lipinski definition) is 3. The molecule has 29 heavy (non-hydrogen) atoms. The first kappa shape index (κ1) is 19.8. The van der Waals surface area contributed by atoms with E-state index in [0.29, 0.717) is 23.4 Å². The van der Waals surface area contributed by atoms with Crippen LogP contribution in [0.4, 0.5) is 5.69 Å². The Morgan fingerprint density at radius 2 is 1.76 bits per heavy atom. The smallest absolute Gasteiger partial charge is 0.264 e. The summed E-state index contributed by atoms with van der Waals surface area (Å²) in [4.78, 5) is 27.7. The monoisotopic (exact) mass is 497 g/mol. The van der Waals surface area contributed by atoms with Crippen molar-refractivity contribution >= 4 is 40.0 Å². The third kappa shape index (κ3) is 3.72. The Bertz CT molecular complexity index is 1090. The van der Waals surface area contributed by atoms with Crippen molar-refractivity contribution in [3.8, 4) is 0 Å². The summed E-state index contributed by atoms with van der Waals surface area (Å²) in [5.41, 5.74) is 1.78. The van der Waals surface area contributed by atoms with E-state index in [2.05, 4.69) is 22.6 Å². The maximum absolute atomic E-state index is 13.3. The third-order valence-corrected chi connectivity index (χ3v) is 5.93. The van der Waals surface area contributed by atoms with E-state index in [4.69, 9.17) is 0 Å². The summed E-state index contributed by atoms with van der Waals surface area (Å²) in [5.74, 6) is -0.718. The van der Waals surface area contributed by atoms with E-state index >= 15 is 0 Å². The number of carbonyl (C=O) groups excluding carboxylic acids is 2. The van der Waals surface area contributed by atoms with Gasteiger partial charge in [0.15, 0.2) is 11.4 Å². The molecule has 3 aromatic carbocycles. The van der Waals surface area contributed by atoms with Crippen molar-refractivity contribution in [2.45, 2.75) is 25.5 Å². The van der Waals surface area contributed by atoms with Crippen LogP contribution in [0.1, 0.15) is 33.5 Å². The molecule has 4 nitrogen and oxygen atoms in total. The number of para-hydroxylation sites is 1. The van der Waals surface area contributed by atoms with Crippen LogP contribution < -0.4 is 4.90 Å². The molecule has 1 atom stereocenters. The molecule has 0 bridgehead atoms. The Balaban J connectivity index is 1.67. The molecule has 0 radical (unpaired) electrons. The van der Waals surface area contributed by atoms with Gasteiger partial charge in [-0.1, -0.05) is 60.2 Å². The third-order valence-electron chi connectivity index (χ3n) is 5.26. The molecule has 0 fully saturated rings. The van der Waals surface area contributed by atoms with E-state index in [1.165, 1.54) is 0 Å². The average molecular weight is 497 g/mol. The number of aliphatic hydroxyl groups is 1. The number of fused-ring (bicyclic) bond motifs is 1. The first-order valence-corrected chi connectivity index (χ1v) is 10.4. The van der Waals surface area contributed by atoms with E-state index in [1.54, 1.807) is 29.2 Å². The van der Waals surface area contributed by atoms with Crippen LogP contribution in [0.3, 0.4) is 0 Å². The van der Waals surface area contributed by atoms with Gasteiger partial charge in [0, 0.05) is 14.7 Å². The number of amides is 1. The second-order valence-corrected chi connectivity index (χ2v) is 8.61. The molecule has 1 heterocycles. The lowest BCUT2D eigenvalue weighted by atomic mass is 9.88. The first-order chi connectivity index (χ1) is 13.9. The minimum Gasteiger partial charge on any atom is -0.375 e. The van der Waals surface area contributed by atoms with Crippen LogP contribution in [-0.4, -0.2) is 16.8 Å². The summed E-state index contributed by atoms with van der Waals surface area (Å²) in [6.07, 6.45) is -0.283. The van der Waals surface area contributed by atoms with E-state index in [9.17, 15) is 14.7 Å². The number of halogens is 1. The number of benzene rings is 3. The van der Waals surface area contributed by atoms with Gasteiger partial charge in [0.05, 0.1) is 18.7 Å². The van der Waals surface area contributed by atoms with Gasteiger partial charge in [-0.2, -0.15) is 0 Å². The molecule has 0 aromatic heterocycles. The highest BCUT2D eigenvalue weighted by molar-refractivity contribution is 14.1. The number of rotatable bonds is 5. The van der Waals surface area contributed by atoms with Gasteiger partial charge in [0.25, 0.3) is 5.91 Å². The zero-order valence-corrected chi connectivity index (χ0v) is 18.1. The zero-order valence-electron chi connectivity index (χ0n) is 15.9. The van der Waals surface area contributed by atoms with Crippen molar-refractivity contribution < 1.29 is 14.7 Å². The Hall–Kier alpha value is -2.51. The Kier molecular flexibility index (Phi) is 5.27. The number of Topliss-reactive ketones (excluding diaryl/α,β-unsaturated/α-hetero) is 1. The molecule has 0 saturated heterocycles. The maximum Gasteiger partial charge on any atom is 0.264 e. The summed E-state index contributed by atoms with van der Waals surface area (Å²) in [7, 11) is 0. The van der Waals surface area contributed by atoms with Crippen LogP contribution in [0.15, 0.2) is 72.8 Å². The summed E-state index contributed by atoms with van der Waals surface area (Å²) >= 11 is 2.23. The quantitative estimate of drug-likeness (QED) is 0.414. The molecule has 146 valence electrons. The summed E-state index contributed by atoms with van der Waals surface area (Å²) in [5, 5.41) is 11.4. The first-order valence-electron chi connectivity index (χ1n) is 9.37. The van der Waals surface area contributed by atoms with Gasteiger partial charge in [0.2, 0.25) is 0 Å². The van der Waals surface area contributed by atoms with E-state index in [1.807, 2.05) is 55.5 Å². The van der Waals surface area contributed by atoms with Gasteiger partial charge >= 0.3 is 0 Å². The van der Waals surface area contributed by atoms with E-state index in [-0.39, 0.29) is 12.2 Å². The van der Waals surface area contributed by atoms with Gasteiger partial charge in [-0.25, -0.2) is 0 Å². The molecule has 4 rings (SSSR count). The fourth-order valence-electron chi connectivity index (χ4n) is 3.73. The van der Waals surface area contributed by atoms with Crippen LogP contribution in [0.2, 0.25) is 0 Å². The number of nitrogens with zero attached hydrogens (tertiary/aromatic N) is 1. The normalized spacial score (nSPS) is 18.0. The number of anilines is 1. The number of hydrogen-bond donors (Lipinski definition) is 1. The predicted molar refractivity (Wildman–Crippen MR) is 121 cm³/mol. The fraction of sp³-hybridized carbons (Fsp3) is 0.167. The molecular formula is C24H20INO3. The van der Waals surface area contributed by atoms with Crippen LogP contribution in [-0.2, 0) is 16.9 Å². The number of aryl methyl sites for hydroxylation is 1. The minimum absolute atomic E-state index is 0.258. The Labute approximate surface area is 183 Å². The van der Waals surface area contributed by atoms with Crippen LogP contribution in [0, 0.1) is 10.5 Å². The molecule has 0 spiro atoms. The SMILES string of the molecule is Cc1ccc(C(=O)CC2(O)C(=O)N(Cc3cccc(I)c3)c3ccccc32)cc1. The van der Waals surface area contributed by atoms with E-state index < -0.39 is 11.5 Å². The highest BCUT2D eigenvalue weighted by Gasteiger charge is 2.50. The number of carbonyl (C=O) groups is 2. The molecule has 0 saturated carbocycles. The van der Waals surface area contributed by atoms with Crippen molar-refractivity contribution in [1.82, 2.24) is 0 Å². The highest BCUT2D eigenvalue weighted by Crippen LogP contribution is 2.43. The molecule has 0 aliphatic carbocycles. The van der Waals surface area contributed by atoms with Gasteiger partial charge in [-0.3, -0.25) is 9.59 Å². The predicted octanol–water partition coefficient (Wildman–Crippen LogP) is 4.61. The van der Waals surface area contributed by atoms with Gasteiger partial charge < -0.3 is 10.0 Å². The van der Waals surface area contributed by atoms with Crippen molar-refractivity contribution in [3.63, 3.8) is 0 Å². The fourth-order valence-corrected chi connectivity index (χ4v) is 4.33. The van der Waals surface area contributed by atoms with Gasteiger partial charge in [0.1, 0.15) is 0 Å². The highest BCUT2D eigenvalue weighted by atomic mass is 127. The van der Waals surface area contributed by atoms with Crippen molar-refractivity contribution in [1.29, 1.82) is 0 Å². The maximum atomic E-state index is 13.3. The molecule has 1 amide bonds. The largest absolute Gasteiger partial charge is 0.375 e. The second kappa shape index (κ2) is 7.72. The van der Waals surface area contributed by atoms with Crippen molar-refractivity contribution in [2.75, 3.05) is 4.90 Å². The van der Waals surface area contributed by atoms with Crippen LogP contribution in [0.5, 0.6) is 0 Å². The summed E-state index contributed by atoms with van der Waals surface area (Å²) < 4.78 is 1.07. The lowest BCUT2D eigenvalue weighted by Gasteiger charge is -2.23. The molecular weight excluding hydrogens is 477 g/mol. The van der Waals surface area contributed by atoms with Crippen molar-refractivity contribution in [2.24, 2.45) is 0 Å². The topological polar surface area (TPSA) is 57.6 Å². The Morgan fingerprint density at radius 3 is 2.48 bits per heavy atom. The minimum atomic E-state index is -1.86. The lowest BCUT2D eigenvalue weighted by Crippen LogP contribution is -2.41. The Morgan fingerprint density at radius 1 is 1.03 bits per heavy atom. The second-order valence-electron chi connectivity index (χ2n) is 7.36. The molecule has 1 unspecified atom stereocenters. The summed E-state index contributed by atoms with van der Waals surface area (Å²) in [6.45, 7) is 2.29. The lowest BCUT2D eigenvalue weighted by molar-refractivity contribution is -0.136. The van der Waals surface area contributed by atoms with Crippen LogP contribution >= 0.6 is 22.6 Å². The van der Waals surface area contributed by atoms with E-state index in [0.717, 1.165) is 14.7 Å². The van der Waals surface area contributed by atoms with Crippen LogP contribution in [0.25, 0.3) is 0 Å². The van der Waals surface area contributed by atoms with Crippen molar-refractivity contribution in [3.05, 3.63) is 98.6 Å². The van der Waals surface area contributed by atoms with Gasteiger partial charge in [-0.05, 0) is 53.3 Å². The molecule has 1 N–H and O–H groups in total. The van der Waals surface area contributed by atoms with Gasteiger partial charge in [-0.15, -0.1) is 0 Å². The molecule has 5 heteroatoms. The summed E-state index contributed by atoms with van der Waals surface area (Å²) in [6, 6.07) is 22.2. The molecule has 1 aliphatic heterocycles. The molecule has 3 aromatic rings. The molecule has 1 aliphatic rings. The zero-order chi connectivity index (χ0) is 20.6.